The molecule has 2 aromatic carbocycles. The smallest absolute Gasteiger partial charge is 0.396 e. The van der Waals surface area contributed by atoms with Crippen LogP contribution in [-0.2, 0) is 23.9 Å². The first-order valence-corrected chi connectivity index (χ1v) is 10.9. The van der Waals surface area contributed by atoms with E-state index >= 15 is 0 Å². The lowest BCUT2D eigenvalue weighted by Gasteiger charge is -2.21. The number of carbonyl (C=O) groups is 1. The highest BCUT2D eigenvalue weighted by Crippen LogP contribution is 2.34. The lowest BCUT2D eigenvalue weighted by molar-refractivity contribution is -0.138. The topological polar surface area (TPSA) is 74.5 Å². The first-order valence-electron chi connectivity index (χ1n) is 10.9. The average Bonchev–Trinajstić information content (AvgIpc) is 2.77. The number of aryl methyl sites for hydroxylation is 1. The zero-order valence-corrected chi connectivity index (χ0v) is 19.9. The van der Waals surface area contributed by atoms with Crippen LogP contribution in [-0.4, -0.2) is 29.9 Å². The lowest BCUT2D eigenvalue weighted by atomic mass is 10.0. The predicted molar refractivity (Wildman–Crippen MR) is 133 cm³/mol. The first kappa shape index (κ1) is 25.8. The van der Waals surface area contributed by atoms with Crippen LogP contribution >= 0.6 is 0 Å². The Morgan fingerprint density at radius 2 is 1.86 bits per heavy atom. The molecule has 0 spiro atoms. The third-order valence-corrected chi connectivity index (χ3v) is 5.37. The molecule has 0 aliphatic heterocycles. The minimum absolute atomic E-state index is 0.00668. The summed E-state index contributed by atoms with van der Waals surface area (Å²) in [6, 6.07) is 12.8. The number of benzene rings is 2. The Labute approximate surface area is 202 Å². The van der Waals surface area contributed by atoms with Gasteiger partial charge in [0, 0.05) is 30.3 Å². The maximum Gasteiger partial charge on any atom is 0.416 e. The highest BCUT2D eigenvalue weighted by atomic mass is 19.4. The van der Waals surface area contributed by atoms with E-state index in [0.717, 1.165) is 22.9 Å². The van der Waals surface area contributed by atoms with Crippen molar-refractivity contribution in [3.63, 3.8) is 0 Å². The van der Waals surface area contributed by atoms with Gasteiger partial charge in [-0.3, -0.25) is 4.79 Å². The number of hydrogen-bond acceptors (Lipinski definition) is 5. The van der Waals surface area contributed by atoms with Crippen molar-refractivity contribution in [2.45, 2.75) is 26.1 Å². The van der Waals surface area contributed by atoms with Crippen molar-refractivity contribution in [1.29, 1.82) is 0 Å². The van der Waals surface area contributed by atoms with Crippen molar-refractivity contribution in [3.05, 3.63) is 89.8 Å². The third-order valence-electron chi connectivity index (χ3n) is 5.37. The van der Waals surface area contributed by atoms with E-state index in [1.54, 1.807) is 54.5 Å². The van der Waals surface area contributed by atoms with Gasteiger partial charge in [-0.2, -0.15) is 13.2 Å². The van der Waals surface area contributed by atoms with Gasteiger partial charge in [-0.1, -0.05) is 18.7 Å². The van der Waals surface area contributed by atoms with E-state index in [-0.39, 0.29) is 24.2 Å². The number of rotatable bonds is 8. The molecule has 35 heavy (non-hydrogen) atoms. The molecule has 3 N–H and O–H groups in total. The third kappa shape index (κ3) is 6.39. The molecule has 1 heterocycles. The van der Waals surface area contributed by atoms with Crippen LogP contribution in [0.4, 0.5) is 36.1 Å². The Bertz CT molecular complexity index is 1220. The van der Waals surface area contributed by atoms with Gasteiger partial charge in [0.15, 0.2) is 5.82 Å². The van der Waals surface area contributed by atoms with Gasteiger partial charge in [0.25, 0.3) is 0 Å². The summed E-state index contributed by atoms with van der Waals surface area (Å²) in [6.45, 7) is 5.83. The summed E-state index contributed by atoms with van der Waals surface area (Å²) < 4.78 is 40.6. The molecule has 0 saturated carbocycles. The summed E-state index contributed by atoms with van der Waals surface area (Å²) >= 11 is 0. The number of pyridine rings is 1. The summed E-state index contributed by atoms with van der Waals surface area (Å²) in [5.74, 6) is 0.120. The molecule has 0 atom stereocenters. The fraction of sp³-hybridized carbons (Fsp3) is 0.231. The molecular weight excluding hydrogens is 455 g/mol. The maximum atomic E-state index is 13.5. The molecule has 6 nitrogen and oxygen atoms in total. The van der Waals surface area contributed by atoms with Gasteiger partial charge >= 0.3 is 6.18 Å². The van der Waals surface area contributed by atoms with Crippen molar-refractivity contribution < 1.29 is 18.0 Å². The number of anilines is 4. The Kier molecular flexibility index (Phi) is 7.81. The largest absolute Gasteiger partial charge is 0.416 e. The van der Waals surface area contributed by atoms with Crippen molar-refractivity contribution in [2.24, 2.45) is 0 Å². The molecule has 0 aliphatic carbocycles. The zero-order chi connectivity index (χ0) is 25.8. The van der Waals surface area contributed by atoms with Crippen LogP contribution in [0, 0.1) is 6.92 Å². The Morgan fingerprint density at radius 3 is 2.46 bits per heavy atom. The number of nitrogens with one attached hydrogen (secondary N) is 1. The highest BCUT2D eigenvalue weighted by molar-refractivity contribution is 5.92. The number of nitrogen functional groups attached to an aromatic ring is 1. The molecule has 0 bridgehead atoms. The van der Waals surface area contributed by atoms with Crippen LogP contribution in [0.5, 0.6) is 0 Å². The zero-order valence-electron chi connectivity index (χ0n) is 19.9. The van der Waals surface area contributed by atoms with Gasteiger partial charge in [0.2, 0.25) is 5.91 Å². The van der Waals surface area contributed by atoms with Crippen molar-refractivity contribution >= 4 is 28.8 Å². The van der Waals surface area contributed by atoms with E-state index in [0.29, 0.717) is 11.5 Å². The second-order valence-corrected chi connectivity index (χ2v) is 8.41. The molecular formula is C26H28F3N5O. The van der Waals surface area contributed by atoms with Crippen molar-refractivity contribution in [1.82, 2.24) is 9.88 Å². The quantitative estimate of drug-likeness (QED) is 0.442. The molecule has 9 heteroatoms. The monoisotopic (exact) mass is 483 g/mol. The Balaban J connectivity index is 1.77. The number of hydrogen-bond donors (Lipinski definition) is 2. The summed E-state index contributed by atoms with van der Waals surface area (Å²) in [6.07, 6.45) is -1.29. The Morgan fingerprint density at radius 1 is 1.14 bits per heavy atom. The normalized spacial score (nSPS) is 11.4. The molecule has 0 radical (unpaired) electrons. The second-order valence-electron chi connectivity index (χ2n) is 8.41. The highest BCUT2D eigenvalue weighted by Gasteiger charge is 2.33. The number of amides is 1. The molecule has 0 unspecified atom stereocenters. The summed E-state index contributed by atoms with van der Waals surface area (Å²) in [4.78, 5) is 20.3. The minimum atomic E-state index is -4.52. The van der Waals surface area contributed by atoms with Gasteiger partial charge in [0.05, 0.1) is 17.7 Å². The molecule has 1 aromatic heterocycles. The van der Waals surface area contributed by atoms with Crippen molar-refractivity contribution in [3.8, 4) is 0 Å². The SMILES string of the molecule is C=CN(c1ccc(CC(=O)Nc2ccc(CN(C)C)c(C(F)(F)F)c2)c(C)c1)c1ncccc1N. The number of halogens is 3. The van der Waals surface area contributed by atoms with Crippen molar-refractivity contribution in [2.75, 3.05) is 30.0 Å². The van der Waals surface area contributed by atoms with Gasteiger partial charge in [0.1, 0.15) is 0 Å². The predicted octanol–water partition coefficient (Wildman–Crippen LogP) is 5.52. The summed E-state index contributed by atoms with van der Waals surface area (Å²) in [7, 11) is 3.39. The molecule has 3 rings (SSSR count). The van der Waals surface area contributed by atoms with E-state index in [2.05, 4.69) is 16.9 Å². The number of aromatic nitrogens is 1. The molecule has 184 valence electrons. The average molecular weight is 484 g/mol. The van der Waals surface area contributed by atoms with E-state index in [1.807, 2.05) is 19.1 Å². The van der Waals surface area contributed by atoms with Crippen LogP contribution < -0.4 is 16.0 Å². The van der Waals surface area contributed by atoms with Crippen LogP contribution in [0.15, 0.2) is 67.5 Å². The number of nitrogens with two attached hydrogens (primary N) is 1. The Hall–Kier alpha value is -3.85. The fourth-order valence-electron chi connectivity index (χ4n) is 3.73. The molecule has 1 amide bonds. The molecule has 0 fully saturated rings. The van der Waals surface area contributed by atoms with Crippen LogP contribution in [0.3, 0.4) is 0 Å². The van der Waals surface area contributed by atoms with Gasteiger partial charge in [-0.05, 0) is 74.1 Å². The van der Waals surface area contributed by atoms with E-state index < -0.39 is 17.6 Å². The minimum Gasteiger partial charge on any atom is -0.396 e. The standard InChI is InChI=1S/C26H28F3N5O/c1-5-34(25-23(30)7-6-12-31-25)21-11-9-18(17(2)13-21)14-24(35)32-20-10-8-19(16-33(3)4)22(15-20)26(27,28)29/h5-13,15H,1,14,16,30H2,2-4H3,(H,32,35). The van der Waals surface area contributed by atoms with Crippen LogP contribution in [0.1, 0.15) is 22.3 Å². The lowest BCUT2D eigenvalue weighted by Crippen LogP contribution is -2.19. The summed E-state index contributed by atoms with van der Waals surface area (Å²) in [5.41, 5.74) is 8.34. The molecule has 0 saturated heterocycles. The van der Waals surface area contributed by atoms with E-state index in [9.17, 15) is 18.0 Å². The second kappa shape index (κ2) is 10.6. The van der Waals surface area contributed by atoms with Gasteiger partial charge in [-0.25, -0.2) is 4.98 Å². The van der Waals surface area contributed by atoms with E-state index in [1.165, 1.54) is 12.1 Å². The van der Waals surface area contributed by atoms with Crippen LogP contribution in [0.2, 0.25) is 0 Å². The number of carbonyl (C=O) groups excluding carboxylic acids is 1. The van der Waals surface area contributed by atoms with Gasteiger partial charge < -0.3 is 20.9 Å². The molecule has 3 aromatic rings. The fourth-order valence-corrected chi connectivity index (χ4v) is 3.73. The maximum absolute atomic E-state index is 13.5. The molecule has 0 aliphatic rings. The van der Waals surface area contributed by atoms with Crippen LogP contribution in [0.25, 0.3) is 0 Å². The number of nitrogens with zero attached hydrogens (tertiary/aromatic N) is 3. The number of alkyl halides is 3. The van der Waals surface area contributed by atoms with Gasteiger partial charge in [-0.15, -0.1) is 0 Å². The van der Waals surface area contributed by atoms with E-state index in [4.69, 9.17) is 5.73 Å². The first-order chi connectivity index (χ1) is 16.5. The summed E-state index contributed by atoms with van der Waals surface area (Å²) in [5, 5.41) is 2.59.